The Kier molecular flexibility index (Phi) is 8.65. The summed E-state index contributed by atoms with van der Waals surface area (Å²) in [6.45, 7) is 12.3. The molecule has 2 unspecified atom stereocenters. The van der Waals surface area contributed by atoms with Gasteiger partial charge in [-0.15, -0.1) is 0 Å². The number of fused-ring (bicyclic) bond motifs is 1. The van der Waals surface area contributed by atoms with E-state index in [9.17, 15) is 9.90 Å². The molecular weight excluding hydrogens is 438 g/mol. The summed E-state index contributed by atoms with van der Waals surface area (Å²) < 4.78 is 13.6. The number of benzene rings is 2. The zero-order valence-corrected chi connectivity index (χ0v) is 22.3. The molecule has 0 bridgehead atoms. The van der Waals surface area contributed by atoms with Crippen LogP contribution in [0.5, 0.6) is 5.75 Å². The molecule has 1 aromatic heterocycles. The van der Waals surface area contributed by atoms with E-state index in [-0.39, 0.29) is 25.1 Å². The molecule has 2 aromatic carbocycles. The van der Waals surface area contributed by atoms with Gasteiger partial charge < -0.3 is 19.1 Å². The largest absolute Gasteiger partial charge is 0.491 e. The molecule has 0 aliphatic rings. The Morgan fingerprint density at radius 2 is 1.77 bits per heavy atom. The number of para-hydroxylation sites is 1. The molecule has 0 radical (unpaired) electrons. The zero-order valence-electron chi connectivity index (χ0n) is 22.3. The Balaban J connectivity index is 1.68. The van der Waals surface area contributed by atoms with Gasteiger partial charge in [-0.1, -0.05) is 58.9 Å². The summed E-state index contributed by atoms with van der Waals surface area (Å²) in [7, 11) is 2.08. The van der Waals surface area contributed by atoms with Crippen molar-refractivity contribution < 1.29 is 19.4 Å². The minimum absolute atomic E-state index is 0.0515. The molecule has 35 heavy (non-hydrogen) atoms. The van der Waals surface area contributed by atoms with Crippen LogP contribution in [0.2, 0.25) is 0 Å². The van der Waals surface area contributed by atoms with Gasteiger partial charge in [-0.3, -0.25) is 4.79 Å². The maximum Gasteiger partial charge on any atom is 0.312 e. The van der Waals surface area contributed by atoms with Crippen LogP contribution in [0.1, 0.15) is 53.5 Å². The van der Waals surface area contributed by atoms with Gasteiger partial charge in [0.15, 0.2) is 0 Å². The van der Waals surface area contributed by atoms with E-state index in [4.69, 9.17) is 9.47 Å². The van der Waals surface area contributed by atoms with Crippen LogP contribution in [0.3, 0.4) is 0 Å². The number of aliphatic hydroxyl groups is 1. The lowest BCUT2D eigenvalue weighted by molar-refractivity contribution is -0.162. The molecule has 3 aromatic rings. The number of esters is 1. The highest BCUT2D eigenvalue weighted by atomic mass is 16.5. The van der Waals surface area contributed by atoms with E-state index < -0.39 is 11.5 Å². The minimum atomic E-state index is -0.902. The quantitative estimate of drug-likeness (QED) is 0.323. The molecule has 0 spiro atoms. The number of aliphatic hydroxyl groups excluding tert-OH is 1. The van der Waals surface area contributed by atoms with Gasteiger partial charge in [0.2, 0.25) is 0 Å². The molecule has 2 atom stereocenters. The third kappa shape index (κ3) is 6.07. The van der Waals surface area contributed by atoms with Gasteiger partial charge in [-0.25, -0.2) is 0 Å². The average molecular weight is 480 g/mol. The summed E-state index contributed by atoms with van der Waals surface area (Å²) in [4.78, 5) is 12.8. The summed E-state index contributed by atoms with van der Waals surface area (Å²) in [5.41, 5.74) is 4.08. The van der Waals surface area contributed by atoms with Gasteiger partial charge in [0.1, 0.15) is 25.1 Å². The molecule has 0 fully saturated rings. The molecular formula is C30H41NO4. The van der Waals surface area contributed by atoms with E-state index in [0.717, 1.165) is 24.1 Å². The number of carbonyl (C=O) groups is 1. The normalized spacial score (nSPS) is 14.3. The first-order valence-electron chi connectivity index (χ1n) is 12.7. The van der Waals surface area contributed by atoms with Crippen LogP contribution in [0, 0.1) is 17.3 Å². The number of aromatic nitrogens is 1. The number of aryl methyl sites for hydroxylation is 2. The van der Waals surface area contributed by atoms with Crippen molar-refractivity contribution in [1.82, 2.24) is 4.57 Å². The first-order valence-corrected chi connectivity index (χ1v) is 12.7. The fourth-order valence-electron chi connectivity index (χ4n) is 4.72. The van der Waals surface area contributed by atoms with Crippen LogP contribution in [-0.4, -0.2) is 35.0 Å². The molecule has 0 saturated heterocycles. The summed E-state index contributed by atoms with van der Waals surface area (Å²) in [5, 5.41) is 11.7. The van der Waals surface area contributed by atoms with Gasteiger partial charge in [-0.2, -0.15) is 0 Å². The first kappa shape index (κ1) is 26.8. The summed E-state index contributed by atoms with van der Waals surface area (Å²) in [6, 6.07) is 16.6. The second-order valence-electron chi connectivity index (χ2n) is 10.6. The SMILES string of the molecule is CCc1ccc(OCC(O)COC(=O)C(C)(CC(C)C)C(C)C)cc1-c1cc2ccccc2n1C. The fourth-order valence-corrected chi connectivity index (χ4v) is 4.72. The van der Waals surface area contributed by atoms with Gasteiger partial charge in [0, 0.05) is 29.2 Å². The van der Waals surface area contributed by atoms with Crippen LogP contribution in [0.4, 0.5) is 0 Å². The lowest BCUT2D eigenvalue weighted by Crippen LogP contribution is -2.38. The Bertz CT molecular complexity index is 1150. The third-order valence-electron chi connectivity index (χ3n) is 7.11. The van der Waals surface area contributed by atoms with Gasteiger partial charge in [0.25, 0.3) is 0 Å². The predicted molar refractivity (Wildman–Crippen MR) is 143 cm³/mol. The van der Waals surface area contributed by atoms with Crippen molar-refractivity contribution in [1.29, 1.82) is 0 Å². The van der Waals surface area contributed by atoms with Crippen molar-refractivity contribution in [2.45, 2.75) is 60.5 Å². The smallest absolute Gasteiger partial charge is 0.312 e. The molecule has 1 N–H and O–H groups in total. The molecule has 0 aliphatic heterocycles. The highest BCUT2D eigenvalue weighted by molar-refractivity contribution is 5.87. The van der Waals surface area contributed by atoms with Crippen LogP contribution in [-0.2, 0) is 23.0 Å². The minimum Gasteiger partial charge on any atom is -0.491 e. The number of rotatable bonds is 11. The first-order chi connectivity index (χ1) is 16.6. The number of hydrogen-bond acceptors (Lipinski definition) is 4. The average Bonchev–Trinajstić information content (AvgIpc) is 3.16. The van der Waals surface area contributed by atoms with E-state index >= 15 is 0 Å². The van der Waals surface area contributed by atoms with E-state index in [1.807, 2.05) is 45.0 Å². The van der Waals surface area contributed by atoms with Crippen LogP contribution < -0.4 is 4.74 Å². The second kappa shape index (κ2) is 11.3. The lowest BCUT2D eigenvalue weighted by Gasteiger charge is -2.33. The van der Waals surface area contributed by atoms with Gasteiger partial charge >= 0.3 is 5.97 Å². The Morgan fingerprint density at radius 3 is 2.40 bits per heavy atom. The second-order valence-corrected chi connectivity index (χ2v) is 10.6. The Hall–Kier alpha value is -2.79. The van der Waals surface area contributed by atoms with E-state index in [1.54, 1.807) is 0 Å². The Morgan fingerprint density at radius 1 is 1.06 bits per heavy atom. The van der Waals surface area contributed by atoms with Crippen LogP contribution >= 0.6 is 0 Å². The number of nitrogens with zero attached hydrogens (tertiary/aromatic N) is 1. The van der Waals surface area contributed by atoms with Crippen LogP contribution in [0.15, 0.2) is 48.5 Å². The highest BCUT2D eigenvalue weighted by Gasteiger charge is 2.38. The van der Waals surface area contributed by atoms with Gasteiger partial charge in [0.05, 0.1) is 5.41 Å². The molecule has 5 heteroatoms. The predicted octanol–water partition coefficient (Wildman–Crippen LogP) is 6.40. The maximum atomic E-state index is 12.8. The maximum absolute atomic E-state index is 12.8. The molecule has 1 heterocycles. The summed E-state index contributed by atoms with van der Waals surface area (Å²) >= 11 is 0. The van der Waals surface area contributed by atoms with Gasteiger partial charge in [-0.05, 0) is 61.4 Å². The fraction of sp³-hybridized carbons (Fsp3) is 0.500. The number of hydrogen-bond donors (Lipinski definition) is 1. The van der Waals surface area contributed by atoms with Crippen molar-refractivity contribution in [3.8, 4) is 17.0 Å². The zero-order chi connectivity index (χ0) is 25.8. The molecule has 5 nitrogen and oxygen atoms in total. The van der Waals surface area contributed by atoms with Crippen molar-refractivity contribution in [2.75, 3.05) is 13.2 Å². The van der Waals surface area contributed by atoms with E-state index in [0.29, 0.717) is 11.7 Å². The molecule has 0 amide bonds. The van der Waals surface area contributed by atoms with E-state index in [1.165, 1.54) is 16.5 Å². The summed E-state index contributed by atoms with van der Waals surface area (Å²) in [5.74, 6) is 0.950. The van der Waals surface area contributed by atoms with Crippen molar-refractivity contribution >= 4 is 16.9 Å². The number of carbonyl (C=O) groups excluding carboxylic acids is 1. The summed E-state index contributed by atoms with van der Waals surface area (Å²) in [6.07, 6.45) is 0.749. The third-order valence-corrected chi connectivity index (χ3v) is 7.11. The molecule has 0 aliphatic carbocycles. The highest BCUT2D eigenvalue weighted by Crippen LogP contribution is 2.36. The topological polar surface area (TPSA) is 60.7 Å². The van der Waals surface area contributed by atoms with Crippen LogP contribution in [0.25, 0.3) is 22.2 Å². The van der Waals surface area contributed by atoms with Crippen molar-refractivity contribution in [3.05, 3.63) is 54.1 Å². The molecule has 0 saturated carbocycles. The molecule has 190 valence electrons. The van der Waals surface area contributed by atoms with Crippen molar-refractivity contribution in [3.63, 3.8) is 0 Å². The number of ether oxygens (including phenoxy) is 2. The molecule has 3 rings (SSSR count). The Labute approximate surface area is 210 Å². The monoisotopic (exact) mass is 479 g/mol. The van der Waals surface area contributed by atoms with E-state index in [2.05, 4.69) is 56.7 Å². The standard InChI is InChI=1S/C30H41NO4/c1-8-22-13-14-25(16-26(22)28-15-23-11-9-10-12-27(23)31(28)7)34-18-24(32)19-35-29(33)30(6,21(4)5)17-20(2)3/h9-16,20-21,24,32H,8,17-19H2,1-7H3. The van der Waals surface area contributed by atoms with Crippen molar-refractivity contribution in [2.24, 2.45) is 24.3 Å². The lowest BCUT2D eigenvalue weighted by atomic mass is 9.73.